The maximum absolute atomic E-state index is 13.8. The minimum absolute atomic E-state index is 0.0212. The topological polar surface area (TPSA) is 106 Å². The number of ether oxygens (including phenoxy) is 3. The summed E-state index contributed by atoms with van der Waals surface area (Å²) in [7, 11) is 3.34. The van der Waals surface area contributed by atoms with Crippen LogP contribution in [0.3, 0.4) is 0 Å². The molecule has 0 aliphatic rings. The van der Waals surface area contributed by atoms with Crippen molar-refractivity contribution in [1.82, 2.24) is 10.6 Å². The summed E-state index contributed by atoms with van der Waals surface area (Å²) in [6.07, 6.45) is 6.48. The SMILES string of the molecule is CCCCC(CC)(CNC(=O)C(C)(C)C)NC(=O)C(C[C@H](O)CCC(Cc1ccc(OC)c(OCCCOC)c1)C(C)C)C(C)C. The van der Waals surface area contributed by atoms with E-state index in [-0.39, 0.29) is 23.7 Å². The number of benzene rings is 1. The third-order valence-corrected chi connectivity index (χ3v) is 9.30. The number of methoxy groups -OCH3 is 2. The van der Waals surface area contributed by atoms with Crippen LogP contribution in [-0.2, 0) is 20.7 Å². The number of rotatable bonds is 23. The van der Waals surface area contributed by atoms with E-state index in [1.54, 1.807) is 14.2 Å². The number of aliphatic hydroxyl groups excluding tert-OH is 1. The summed E-state index contributed by atoms with van der Waals surface area (Å²) in [6.45, 7) is 20.1. The van der Waals surface area contributed by atoms with Crippen molar-refractivity contribution in [3.63, 3.8) is 0 Å². The molecular weight excluding hydrogens is 580 g/mol. The molecule has 0 aliphatic carbocycles. The Morgan fingerprint density at radius 3 is 2.17 bits per heavy atom. The summed E-state index contributed by atoms with van der Waals surface area (Å²) in [4.78, 5) is 26.5. The summed E-state index contributed by atoms with van der Waals surface area (Å²) >= 11 is 0. The molecule has 3 N–H and O–H groups in total. The fourth-order valence-corrected chi connectivity index (χ4v) is 5.79. The molecule has 0 saturated heterocycles. The zero-order valence-corrected chi connectivity index (χ0v) is 31.1. The Labute approximate surface area is 281 Å². The average molecular weight is 649 g/mol. The predicted molar refractivity (Wildman–Crippen MR) is 188 cm³/mol. The molecule has 0 bridgehead atoms. The fraction of sp³-hybridized carbons (Fsp3) is 0.789. The molecule has 1 aromatic carbocycles. The number of hydrogen-bond acceptors (Lipinski definition) is 6. The number of aliphatic hydroxyl groups is 1. The van der Waals surface area contributed by atoms with Crippen LogP contribution in [0, 0.1) is 29.1 Å². The molecule has 1 aromatic rings. The molecule has 0 fully saturated rings. The molecule has 0 aliphatic heterocycles. The number of unbranched alkanes of at least 4 members (excludes halogenated alkanes) is 1. The summed E-state index contributed by atoms with van der Waals surface area (Å²) in [5.74, 6) is 1.94. The zero-order chi connectivity index (χ0) is 34.9. The normalized spacial score (nSPS) is 15.3. The first kappa shape index (κ1) is 41.7. The van der Waals surface area contributed by atoms with Crippen LogP contribution in [0.1, 0.15) is 119 Å². The predicted octanol–water partition coefficient (Wildman–Crippen LogP) is 7.35. The van der Waals surface area contributed by atoms with Gasteiger partial charge in [-0.25, -0.2) is 0 Å². The maximum atomic E-state index is 13.8. The number of amides is 2. The lowest BCUT2D eigenvalue weighted by Gasteiger charge is -2.37. The van der Waals surface area contributed by atoms with Gasteiger partial charge in [0.1, 0.15) is 0 Å². The van der Waals surface area contributed by atoms with E-state index in [0.717, 1.165) is 50.7 Å². The van der Waals surface area contributed by atoms with Crippen molar-refractivity contribution in [3.05, 3.63) is 23.8 Å². The molecule has 0 radical (unpaired) electrons. The van der Waals surface area contributed by atoms with E-state index < -0.39 is 17.1 Å². The van der Waals surface area contributed by atoms with E-state index in [4.69, 9.17) is 14.2 Å². The second-order valence-electron chi connectivity index (χ2n) is 14.9. The van der Waals surface area contributed by atoms with Gasteiger partial charge in [0.15, 0.2) is 11.5 Å². The smallest absolute Gasteiger partial charge is 0.225 e. The lowest BCUT2D eigenvalue weighted by Crippen LogP contribution is -2.58. The Hall–Kier alpha value is -2.32. The van der Waals surface area contributed by atoms with E-state index in [9.17, 15) is 14.7 Å². The van der Waals surface area contributed by atoms with Gasteiger partial charge in [-0.1, -0.05) is 81.2 Å². The Morgan fingerprint density at radius 2 is 1.63 bits per heavy atom. The van der Waals surface area contributed by atoms with Crippen molar-refractivity contribution < 1.29 is 28.9 Å². The summed E-state index contributed by atoms with van der Waals surface area (Å²) < 4.78 is 16.7. The van der Waals surface area contributed by atoms with Gasteiger partial charge in [-0.3, -0.25) is 9.59 Å². The number of nitrogens with one attached hydrogen (secondary N) is 2. The number of carbonyl (C=O) groups is 2. The van der Waals surface area contributed by atoms with E-state index in [2.05, 4.69) is 50.5 Å². The van der Waals surface area contributed by atoms with E-state index in [0.29, 0.717) is 50.2 Å². The fourth-order valence-electron chi connectivity index (χ4n) is 5.79. The van der Waals surface area contributed by atoms with Crippen molar-refractivity contribution >= 4 is 11.8 Å². The maximum Gasteiger partial charge on any atom is 0.225 e. The first-order valence-electron chi connectivity index (χ1n) is 17.7. The molecule has 2 amide bonds. The van der Waals surface area contributed by atoms with Gasteiger partial charge in [0, 0.05) is 38.0 Å². The Morgan fingerprint density at radius 1 is 0.935 bits per heavy atom. The third-order valence-electron chi connectivity index (χ3n) is 9.30. The highest BCUT2D eigenvalue weighted by Crippen LogP contribution is 2.32. The number of carbonyl (C=O) groups excluding carboxylic acids is 2. The molecule has 0 heterocycles. The second kappa shape index (κ2) is 20.8. The summed E-state index contributed by atoms with van der Waals surface area (Å²) in [5, 5.41) is 17.7. The van der Waals surface area contributed by atoms with Gasteiger partial charge in [0.25, 0.3) is 0 Å². The molecule has 46 heavy (non-hydrogen) atoms. The van der Waals surface area contributed by atoms with Crippen LogP contribution in [0.4, 0.5) is 0 Å². The van der Waals surface area contributed by atoms with Crippen molar-refractivity contribution in [3.8, 4) is 11.5 Å². The third kappa shape index (κ3) is 14.6. The van der Waals surface area contributed by atoms with Crippen LogP contribution in [-0.4, -0.2) is 62.5 Å². The Bertz CT molecular complexity index is 1020. The molecular formula is C38H68N2O6. The van der Waals surface area contributed by atoms with Crippen molar-refractivity contribution in [2.45, 2.75) is 132 Å². The molecule has 3 unspecified atom stereocenters. The second-order valence-corrected chi connectivity index (χ2v) is 14.9. The monoisotopic (exact) mass is 649 g/mol. The minimum atomic E-state index is -0.581. The van der Waals surface area contributed by atoms with Crippen LogP contribution >= 0.6 is 0 Å². The van der Waals surface area contributed by atoms with Crippen LogP contribution < -0.4 is 20.1 Å². The largest absolute Gasteiger partial charge is 0.493 e. The van der Waals surface area contributed by atoms with Crippen molar-refractivity contribution in [1.29, 1.82) is 0 Å². The lowest BCUT2D eigenvalue weighted by molar-refractivity contribution is -0.132. The van der Waals surface area contributed by atoms with Crippen molar-refractivity contribution in [2.75, 3.05) is 34.0 Å². The van der Waals surface area contributed by atoms with Gasteiger partial charge in [-0.05, 0) is 74.0 Å². The Balaban J connectivity index is 2.95. The van der Waals surface area contributed by atoms with Gasteiger partial charge in [-0.2, -0.15) is 0 Å². The van der Waals surface area contributed by atoms with Crippen LogP contribution in [0.2, 0.25) is 0 Å². The highest BCUT2D eigenvalue weighted by atomic mass is 16.5. The zero-order valence-electron chi connectivity index (χ0n) is 31.1. The lowest BCUT2D eigenvalue weighted by atomic mass is 9.82. The molecule has 0 aromatic heterocycles. The molecule has 0 spiro atoms. The average Bonchev–Trinajstić information content (AvgIpc) is 3.00. The van der Waals surface area contributed by atoms with Gasteiger partial charge < -0.3 is 30.0 Å². The van der Waals surface area contributed by atoms with Crippen molar-refractivity contribution in [2.24, 2.45) is 29.1 Å². The molecule has 266 valence electrons. The van der Waals surface area contributed by atoms with E-state index >= 15 is 0 Å². The van der Waals surface area contributed by atoms with Gasteiger partial charge in [-0.15, -0.1) is 0 Å². The summed E-state index contributed by atoms with van der Waals surface area (Å²) in [5.41, 5.74) is 0.163. The minimum Gasteiger partial charge on any atom is -0.493 e. The summed E-state index contributed by atoms with van der Waals surface area (Å²) in [6, 6.07) is 6.12. The van der Waals surface area contributed by atoms with Crippen LogP contribution in [0.25, 0.3) is 0 Å². The van der Waals surface area contributed by atoms with Gasteiger partial charge in [0.05, 0.1) is 25.4 Å². The van der Waals surface area contributed by atoms with E-state index in [1.165, 1.54) is 5.56 Å². The molecule has 8 nitrogen and oxygen atoms in total. The van der Waals surface area contributed by atoms with Crippen LogP contribution in [0.5, 0.6) is 11.5 Å². The molecule has 0 saturated carbocycles. The van der Waals surface area contributed by atoms with E-state index in [1.807, 2.05) is 40.7 Å². The molecule has 1 rings (SSSR count). The highest BCUT2D eigenvalue weighted by molar-refractivity contribution is 5.82. The van der Waals surface area contributed by atoms with Gasteiger partial charge in [0.2, 0.25) is 11.8 Å². The quantitative estimate of drug-likeness (QED) is 0.107. The standard InChI is InChI=1S/C38H68N2O6/c1-12-14-20-38(13-2,26-39-36(43)37(7,8)9)40-35(42)32(28(5)6)25-31(41)18-17-30(27(3)4)23-29-16-19-33(45-11)34(24-29)46-22-15-21-44-10/h16,19,24,27-28,30-32,41H,12-15,17-18,20-23,25-26H2,1-11H3,(H,39,43)(H,40,42)/t30?,31-,32?,38?/m1/s1. The number of hydrogen-bond donors (Lipinski definition) is 3. The highest BCUT2D eigenvalue weighted by Gasteiger charge is 2.35. The van der Waals surface area contributed by atoms with Crippen LogP contribution in [0.15, 0.2) is 18.2 Å². The van der Waals surface area contributed by atoms with Gasteiger partial charge >= 0.3 is 0 Å². The first-order valence-corrected chi connectivity index (χ1v) is 17.7. The molecule has 8 heteroatoms. The first-order chi connectivity index (χ1) is 21.6. The Kier molecular flexibility index (Phi) is 18.9. The molecule has 4 atom stereocenters.